The molecule has 0 aromatic heterocycles. The van der Waals surface area contributed by atoms with Crippen LogP contribution in [-0.4, -0.2) is 36.8 Å². The maximum atomic E-state index is 5.66. The molecule has 1 heterocycles. The first-order valence-corrected chi connectivity index (χ1v) is 7.34. The molecule has 3 atom stereocenters. The van der Waals surface area contributed by atoms with Crippen molar-refractivity contribution in [2.75, 3.05) is 19.4 Å². The molecule has 2 aliphatic rings. The molecule has 15 heavy (non-hydrogen) atoms. The average molecular weight is 229 g/mol. The van der Waals surface area contributed by atoms with Gasteiger partial charge in [0.15, 0.2) is 0 Å². The first-order chi connectivity index (χ1) is 7.38. The second-order valence-corrected chi connectivity index (χ2v) is 6.08. The Morgan fingerprint density at radius 2 is 2.20 bits per heavy atom. The Labute approximate surface area is 97.5 Å². The standard InChI is InChI=1S/C12H23NOS/c1-13-10-4-2-6-12(8-10)15-9-11-5-3-7-14-11/h10-13H,2-9H2,1H3. The molecule has 2 fully saturated rings. The van der Waals surface area contributed by atoms with Crippen LogP contribution in [0.1, 0.15) is 38.5 Å². The van der Waals surface area contributed by atoms with Gasteiger partial charge in [0.1, 0.15) is 0 Å². The summed E-state index contributed by atoms with van der Waals surface area (Å²) in [4.78, 5) is 0. The van der Waals surface area contributed by atoms with Gasteiger partial charge in [0, 0.05) is 23.7 Å². The SMILES string of the molecule is CNC1CCCC(SCC2CCCO2)C1. The Kier molecular flexibility index (Phi) is 4.79. The molecule has 1 saturated heterocycles. The zero-order valence-electron chi connectivity index (χ0n) is 9.71. The number of nitrogens with one attached hydrogen (secondary N) is 1. The van der Waals surface area contributed by atoms with Crippen LogP contribution in [-0.2, 0) is 4.74 Å². The van der Waals surface area contributed by atoms with Gasteiger partial charge in [0.05, 0.1) is 6.10 Å². The largest absolute Gasteiger partial charge is 0.377 e. The highest BCUT2D eigenvalue weighted by atomic mass is 32.2. The molecular weight excluding hydrogens is 206 g/mol. The fourth-order valence-electron chi connectivity index (χ4n) is 2.58. The van der Waals surface area contributed by atoms with Gasteiger partial charge in [-0.15, -0.1) is 0 Å². The lowest BCUT2D eigenvalue weighted by Gasteiger charge is -2.29. The highest BCUT2D eigenvalue weighted by molar-refractivity contribution is 7.99. The van der Waals surface area contributed by atoms with Crippen LogP contribution in [0.2, 0.25) is 0 Å². The van der Waals surface area contributed by atoms with E-state index in [2.05, 4.69) is 24.1 Å². The van der Waals surface area contributed by atoms with Crippen molar-refractivity contribution < 1.29 is 4.74 Å². The van der Waals surface area contributed by atoms with Crippen molar-refractivity contribution in [2.24, 2.45) is 0 Å². The molecule has 3 unspecified atom stereocenters. The van der Waals surface area contributed by atoms with E-state index >= 15 is 0 Å². The van der Waals surface area contributed by atoms with E-state index in [4.69, 9.17) is 4.74 Å². The number of ether oxygens (including phenoxy) is 1. The van der Waals surface area contributed by atoms with E-state index in [1.807, 2.05) is 0 Å². The van der Waals surface area contributed by atoms with Crippen molar-refractivity contribution >= 4 is 11.8 Å². The van der Waals surface area contributed by atoms with E-state index in [1.165, 1.54) is 44.3 Å². The van der Waals surface area contributed by atoms with Crippen LogP contribution in [0, 0.1) is 0 Å². The maximum absolute atomic E-state index is 5.66. The fraction of sp³-hybridized carbons (Fsp3) is 1.00. The lowest BCUT2D eigenvalue weighted by Crippen LogP contribution is -2.32. The predicted octanol–water partition coefficient (Wildman–Crippen LogP) is 2.43. The Morgan fingerprint density at radius 1 is 1.27 bits per heavy atom. The molecule has 88 valence electrons. The molecule has 1 saturated carbocycles. The summed E-state index contributed by atoms with van der Waals surface area (Å²) in [6.07, 6.45) is 8.65. The van der Waals surface area contributed by atoms with Crippen molar-refractivity contribution in [1.82, 2.24) is 5.32 Å². The Morgan fingerprint density at radius 3 is 2.93 bits per heavy atom. The Hall–Kier alpha value is 0.270. The lowest BCUT2D eigenvalue weighted by atomic mass is 9.95. The third-order valence-corrected chi connectivity index (χ3v) is 5.04. The Balaban J connectivity index is 1.65. The molecule has 0 bridgehead atoms. The van der Waals surface area contributed by atoms with Crippen LogP contribution >= 0.6 is 11.8 Å². The summed E-state index contributed by atoms with van der Waals surface area (Å²) < 4.78 is 5.66. The lowest BCUT2D eigenvalue weighted by molar-refractivity contribution is 0.128. The highest BCUT2D eigenvalue weighted by Gasteiger charge is 2.23. The summed E-state index contributed by atoms with van der Waals surface area (Å²) in [6.45, 7) is 0.995. The van der Waals surface area contributed by atoms with Crippen molar-refractivity contribution in [3.8, 4) is 0 Å². The van der Waals surface area contributed by atoms with Gasteiger partial charge in [0.25, 0.3) is 0 Å². The quantitative estimate of drug-likeness (QED) is 0.800. The first-order valence-electron chi connectivity index (χ1n) is 6.29. The summed E-state index contributed by atoms with van der Waals surface area (Å²) in [6, 6.07) is 0.765. The molecule has 0 radical (unpaired) electrons. The van der Waals surface area contributed by atoms with Crippen LogP contribution in [0.5, 0.6) is 0 Å². The van der Waals surface area contributed by atoms with Crippen molar-refractivity contribution in [3.63, 3.8) is 0 Å². The minimum absolute atomic E-state index is 0.560. The van der Waals surface area contributed by atoms with Crippen LogP contribution in [0.4, 0.5) is 0 Å². The van der Waals surface area contributed by atoms with Crippen molar-refractivity contribution in [3.05, 3.63) is 0 Å². The molecule has 0 spiro atoms. The molecule has 0 aromatic rings. The molecule has 1 aliphatic carbocycles. The minimum Gasteiger partial charge on any atom is -0.377 e. The first kappa shape index (κ1) is 11.7. The summed E-state index contributed by atoms with van der Waals surface area (Å²) in [5, 5.41) is 4.29. The van der Waals surface area contributed by atoms with E-state index in [-0.39, 0.29) is 0 Å². The van der Waals surface area contributed by atoms with E-state index < -0.39 is 0 Å². The third-order valence-electron chi connectivity index (χ3n) is 3.58. The van der Waals surface area contributed by atoms with E-state index in [0.29, 0.717) is 6.10 Å². The normalized spacial score (nSPS) is 37.0. The molecule has 2 nitrogen and oxygen atoms in total. The smallest absolute Gasteiger partial charge is 0.0666 e. The van der Waals surface area contributed by atoms with Crippen LogP contribution in [0.25, 0.3) is 0 Å². The molecule has 2 rings (SSSR count). The second kappa shape index (κ2) is 6.12. The summed E-state index contributed by atoms with van der Waals surface area (Å²) in [5.41, 5.74) is 0. The zero-order valence-corrected chi connectivity index (χ0v) is 10.5. The van der Waals surface area contributed by atoms with Crippen LogP contribution in [0.3, 0.4) is 0 Å². The number of hydrogen-bond acceptors (Lipinski definition) is 3. The van der Waals surface area contributed by atoms with Gasteiger partial charge < -0.3 is 10.1 Å². The van der Waals surface area contributed by atoms with Gasteiger partial charge in [0.2, 0.25) is 0 Å². The molecule has 3 heteroatoms. The fourth-order valence-corrected chi connectivity index (χ4v) is 4.03. The van der Waals surface area contributed by atoms with Gasteiger partial charge >= 0.3 is 0 Å². The zero-order chi connectivity index (χ0) is 10.5. The van der Waals surface area contributed by atoms with Crippen molar-refractivity contribution in [1.29, 1.82) is 0 Å². The van der Waals surface area contributed by atoms with Crippen LogP contribution < -0.4 is 5.32 Å². The summed E-state index contributed by atoms with van der Waals surface area (Å²) >= 11 is 2.15. The monoisotopic (exact) mass is 229 g/mol. The van der Waals surface area contributed by atoms with Gasteiger partial charge in [-0.3, -0.25) is 0 Å². The number of thioether (sulfide) groups is 1. The topological polar surface area (TPSA) is 21.3 Å². The maximum Gasteiger partial charge on any atom is 0.0666 e. The summed E-state index contributed by atoms with van der Waals surface area (Å²) in [5.74, 6) is 1.22. The van der Waals surface area contributed by atoms with Gasteiger partial charge in [-0.1, -0.05) is 6.42 Å². The van der Waals surface area contributed by atoms with Gasteiger partial charge in [-0.2, -0.15) is 11.8 Å². The number of hydrogen-bond donors (Lipinski definition) is 1. The molecule has 1 aliphatic heterocycles. The van der Waals surface area contributed by atoms with E-state index in [0.717, 1.165) is 17.9 Å². The Bertz CT molecular complexity index is 182. The molecule has 0 amide bonds. The molecule has 0 aromatic carbocycles. The van der Waals surface area contributed by atoms with Gasteiger partial charge in [-0.05, 0) is 39.2 Å². The van der Waals surface area contributed by atoms with E-state index in [1.54, 1.807) is 0 Å². The third kappa shape index (κ3) is 3.65. The highest BCUT2D eigenvalue weighted by Crippen LogP contribution is 2.30. The van der Waals surface area contributed by atoms with E-state index in [9.17, 15) is 0 Å². The second-order valence-electron chi connectivity index (χ2n) is 4.74. The molecule has 1 N–H and O–H groups in total. The van der Waals surface area contributed by atoms with Gasteiger partial charge in [-0.25, -0.2) is 0 Å². The molecular formula is C12H23NOS. The number of rotatable bonds is 4. The minimum atomic E-state index is 0.560. The van der Waals surface area contributed by atoms with Crippen molar-refractivity contribution in [2.45, 2.75) is 55.9 Å². The van der Waals surface area contributed by atoms with Crippen LogP contribution in [0.15, 0.2) is 0 Å². The predicted molar refractivity (Wildman–Crippen MR) is 66.5 cm³/mol. The average Bonchev–Trinajstić information content (AvgIpc) is 2.79. The summed E-state index contributed by atoms with van der Waals surface area (Å²) in [7, 11) is 2.10.